The minimum absolute atomic E-state index is 0.143. The van der Waals surface area contributed by atoms with E-state index in [1.165, 1.54) is 0 Å². The van der Waals surface area contributed by atoms with Crippen LogP contribution in [0.15, 0.2) is 0 Å². The van der Waals surface area contributed by atoms with Crippen molar-refractivity contribution in [1.29, 1.82) is 0 Å². The lowest BCUT2D eigenvalue weighted by molar-refractivity contribution is -0.152. The molecular formula is C12H20N2O4S. The van der Waals surface area contributed by atoms with Gasteiger partial charge in [0, 0.05) is 56.6 Å². The van der Waals surface area contributed by atoms with Crippen LogP contribution in [-0.2, 0) is 14.3 Å². The molecule has 0 aliphatic carbocycles. The molecule has 0 aromatic rings. The summed E-state index contributed by atoms with van der Waals surface area (Å²) in [5.41, 5.74) is -1.14. The first kappa shape index (κ1) is 14.6. The van der Waals surface area contributed by atoms with Crippen LogP contribution in [0.5, 0.6) is 0 Å². The van der Waals surface area contributed by atoms with Gasteiger partial charge >= 0.3 is 5.97 Å². The first-order valence-corrected chi connectivity index (χ1v) is 7.71. The van der Waals surface area contributed by atoms with Crippen molar-refractivity contribution < 1.29 is 19.4 Å². The highest BCUT2D eigenvalue weighted by Gasteiger charge is 2.41. The Morgan fingerprint density at radius 1 is 1.42 bits per heavy atom. The van der Waals surface area contributed by atoms with Crippen LogP contribution >= 0.6 is 11.8 Å². The molecule has 0 bridgehead atoms. The SMILES string of the molecule is O=C(CC1CSCCN1)NC1(C(=O)O)CCOCC1. The van der Waals surface area contributed by atoms with E-state index >= 15 is 0 Å². The topological polar surface area (TPSA) is 87.7 Å². The zero-order chi connectivity index (χ0) is 13.7. The molecule has 7 heteroatoms. The summed E-state index contributed by atoms with van der Waals surface area (Å²) in [4.78, 5) is 23.4. The Bertz CT molecular complexity index is 339. The Hall–Kier alpha value is -0.790. The largest absolute Gasteiger partial charge is 0.480 e. The first-order valence-electron chi connectivity index (χ1n) is 6.56. The zero-order valence-electron chi connectivity index (χ0n) is 10.8. The predicted molar refractivity (Wildman–Crippen MR) is 72.3 cm³/mol. The molecule has 6 nitrogen and oxygen atoms in total. The molecule has 0 aromatic carbocycles. The van der Waals surface area contributed by atoms with Gasteiger partial charge in [-0.2, -0.15) is 11.8 Å². The number of ether oxygens (including phenoxy) is 1. The van der Waals surface area contributed by atoms with Crippen molar-refractivity contribution >= 4 is 23.6 Å². The van der Waals surface area contributed by atoms with Crippen molar-refractivity contribution in [2.24, 2.45) is 0 Å². The fraction of sp³-hybridized carbons (Fsp3) is 0.833. The summed E-state index contributed by atoms with van der Waals surface area (Å²) in [7, 11) is 0. The smallest absolute Gasteiger partial charge is 0.329 e. The van der Waals surface area contributed by atoms with Gasteiger partial charge in [0.25, 0.3) is 0 Å². The Balaban J connectivity index is 1.89. The molecule has 2 fully saturated rings. The second-order valence-corrected chi connectivity index (χ2v) is 6.13. The third-order valence-corrected chi connectivity index (χ3v) is 4.70. The van der Waals surface area contributed by atoms with E-state index in [0.717, 1.165) is 18.1 Å². The maximum atomic E-state index is 12.0. The highest BCUT2D eigenvalue weighted by atomic mass is 32.2. The number of hydrogen-bond donors (Lipinski definition) is 3. The molecule has 108 valence electrons. The van der Waals surface area contributed by atoms with Gasteiger partial charge in [-0.25, -0.2) is 4.79 Å². The number of hydrogen-bond acceptors (Lipinski definition) is 5. The Kier molecular flexibility index (Phi) is 5.06. The van der Waals surface area contributed by atoms with Gasteiger partial charge in [-0.05, 0) is 0 Å². The minimum Gasteiger partial charge on any atom is -0.480 e. The van der Waals surface area contributed by atoms with Crippen molar-refractivity contribution in [3.05, 3.63) is 0 Å². The summed E-state index contributed by atoms with van der Waals surface area (Å²) in [6.45, 7) is 1.66. The average Bonchev–Trinajstić information content (AvgIpc) is 2.40. The quantitative estimate of drug-likeness (QED) is 0.666. The summed E-state index contributed by atoms with van der Waals surface area (Å²) in [5.74, 6) is 0.810. The number of amides is 1. The molecule has 1 atom stereocenters. The van der Waals surface area contributed by atoms with Crippen LogP contribution in [0, 0.1) is 0 Å². The van der Waals surface area contributed by atoms with E-state index in [9.17, 15) is 14.7 Å². The van der Waals surface area contributed by atoms with Gasteiger partial charge in [0.2, 0.25) is 5.91 Å². The van der Waals surface area contributed by atoms with Crippen LogP contribution in [0.3, 0.4) is 0 Å². The maximum absolute atomic E-state index is 12.0. The van der Waals surface area contributed by atoms with E-state index in [1.807, 2.05) is 11.8 Å². The third kappa shape index (κ3) is 3.84. The van der Waals surface area contributed by atoms with Crippen LogP contribution in [0.1, 0.15) is 19.3 Å². The molecule has 2 saturated heterocycles. The van der Waals surface area contributed by atoms with Gasteiger partial charge in [0.05, 0.1) is 0 Å². The van der Waals surface area contributed by atoms with Gasteiger partial charge in [-0.3, -0.25) is 4.79 Å². The van der Waals surface area contributed by atoms with E-state index in [0.29, 0.717) is 32.5 Å². The molecule has 2 rings (SSSR count). The van der Waals surface area contributed by atoms with Gasteiger partial charge in [0.15, 0.2) is 0 Å². The lowest BCUT2D eigenvalue weighted by Gasteiger charge is -2.34. The van der Waals surface area contributed by atoms with E-state index in [1.54, 1.807) is 0 Å². The lowest BCUT2D eigenvalue weighted by atomic mass is 9.90. The van der Waals surface area contributed by atoms with E-state index in [-0.39, 0.29) is 11.9 Å². The van der Waals surface area contributed by atoms with E-state index in [4.69, 9.17) is 4.74 Å². The van der Waals surface area contributed by atoms with Crippen molar-refractivity contribution in [3.8, 4) is 0 Å². The maximum Gasteiger partial charge on any atom is 0.329 e. The second-order valence-electron chi connectivity index (χ2n) is 4.98. The summed E-state index contributed by atoms with van der Waals surface area (Å²) in [6.07, 6.45) is 1.00. The molecule has 1 unspecified atom stereocenters. The Morgan fingerprint density at radius 2 is 2.16 bits per heavy atom. The van der Waals surface area contributed by atoms with Crippen LogP contribution in [0.25, 0.3) is 0 Å². The van der Waals surface area contributed by atoms with Crippen LogP contribution in [0.4, 0.5) is 0 Å². The number of carbonyl (C=O) groups excluding carboxylic acids is 1. The van der Waals surface area contributed by atoms with E-state index < -0.39 is 11.5 Å². The highest BCUT2D eigenvalue weighted by molar-refractivity contribution is 7.99. The number of carboxylic acid groups (broad SMARTS) is 1. The van der Waals surface area contributed by atoms with Crippen molar-refractivity contribution in [2.45, 2.75) is 30.8 Å². The highest BCUT2D eigenvalue weighted by Crippen LogP contribution is 2.21. The van der Waals surface area contributed by atoms with Crippen molar-refractivity contribution in [1.82, 2.24) is 10.6 Å². The molecule has 2 aliphatic rings. The van der Waals surface area contributed by atoms with Gasteiger partial charge in [-0.15, -0.1) is 0 Å². The molecule has 2 heterocycles. The van der Waals surface area contributed by atoms with Crippen LogP contribution in [0.2, 0.25) is 0 Å². The Morgan fingerprint density at radius 3 is 2.74 bits per heavy atom. The van der Waals surface area contributed by atoms with Crippen molar-refractivity contribution in [3.63, 3.8) is 0 Å². The molecule has 0 spiro atoms. The average molecular weight is 288 g/mol. The van der Waals surface area contributed by atoms with Gasteiger partial charge < -0.3 is 20.5 Å². The number of aliphatic carboxylic acids is 1. The summed E-state index contributed by atoms with van der Waals surface area (Å²) in [6, 6.07) is 0.143. The summed E-state index contributed by atoms with van der Waals surface area (Å²) in [5, 5.41) is 15.3. The van der Waals surface area contributed by atoms with Crippen LogP contribution < -0.4 is 10.6 Å². The van der Waals surface area contributed by atoms with Crippen LogP contribution in [-0.4, -0.2) is 59.8 Å². The monoisotopic (exact) mass is 288 g/mol. The Labute approximate surface area is 116 Å². The number of nitrogens with one attached hydrogen (secondary N) is 2. The van der Waals surface area contributed by atoms with Gasteiger partial charge in [0.1, 0.15) is 5.54 Å². The lowest BCUT2D eigenvalue weighted by Crippen LogP contribution is -2.58. The summed E-state index contributed by atoms with van der Waals surface area (Å²) >= 11 is 1.82. The fourth-order valence-electron chi connectivity index (χ4n) is 2.40. The summed E-state index contributed by atoms with van der Waals surface area (Å²) < 4.78 is 5.18. The normalized spacial score (nSPS) is 26.6. The first-order chi connectivity index (χ1) is 9.12. The number of carboxylic acids is 1. The molecule has 19 heavy (non-hydrogen) atoms. The molecule has 0 radical (unpaired) electrons. The predicted octanol–water partition coefficient (Wildman–Crippen LogP) is -0.168. The minimum atomic E-state index is -1.14. The number of thioether (sulfide) groups is 1. The fourth-order valence-corrected chi connectivity index (χ4v) is 3.35. The van der Waals surface area contributed by atoms with E-state index in [2.05, 4.69) is 10.6 Å². The molecular weight excluding hydrogens is 268 g/mol. The molecule has 3 N–H and O–H groups in total. The van der Waals surface area contributed by atoms with Crippen molar-refractivity contribution in [2.75, 3.05) is 31.3 Å². The standard InChI is InChI=1S/C12H20N2O4S/c15-10(7-9-8-19-6-3-13-9)14-12(11(16)17)1-4-18-5-2-12/h9,13H,1-8H2,(H,14,15)(H,16,17). The third-order valence-electron chi connectivity index (χ3n) is 3.56. The molecule has 2 aliphatic heterocycles. The number of rotatable bonds is 4. The second kappa shape index (κ2) is 6.58. The number of carbonyl (C=O) groups is 2. The molecule has 1 amide bonds. The van der Waals surface area contributed by atoms with Gasteiger partial charge in [-0.1, -0.05) is 0 Å². The zero-order valence-corrected chi connectivity index (χ0v) is 11.6. The molecule has 0 aromatic heterocycles. The molecule has 0 saturated carbocycles.